The molecule has 1 saturated heterocycles. The van der Waals surface area contributed by atoms with E-state index in [1.54, 1.807) is 11.3 Å². The summed E-state index contributed by atoms with van der Waals surface area (Å²) in [4.78, 5) is 20.3. The summed E-state index contributed by atoms with van der Waals surface area (Å²) >= 11 is 3.16. The highest BCUT2D eigenvalue weighted by Crippen LogP contribution is 2.33. The van der Waals surface area contributed by atoms with Crippen LogP contribution in [0.4, 0.5) is 0 Å². The van der Waals surface area contributed by atoms with Gasteiger partial charge in [-0.15, -0.1) is 11.3 Å². The Hall–Kier alpha value is -1.07. The van der Waals surface area contributed by atoms with E-state index in [0.717, 1.165) is 21.5 Å². The molecule has 0 spiro atoms. The first kappa shape index (κ1) is 12.9. The standard InChI is InChI=1S/C14H16N2OS2/c1-10-5-2-3-7-16(10)14-15-13(17)12(19-14)9-11-6-4-8-18-11/h4,6,8-10H,2-3,5,7H2,1H3/b12-9+. The molecule has 1 amide bonds. The van der Waals surface area contributed by atoms with Crippen LogP contribution in [0.1, 0.15) is 31.1 Å². The van der Waals surface area contributed by atoms with E-state index in [1.807, 2.05) is 23.6 Å². The Balaban J connectivity index is 1.76. The molecule has 3 heterocycles. The van der Waals surface area contributed by atoms with Crippen molar-refractivity contribution in [3.8, 4) is 0 Å². The van der Waals surface area contributed by atoms with Crippen molar-refractivity contribution in [3.63, 3.8) is 0 Å². The number of hydrogen-bond donors (Lipinski definition) is 0. The number of carbonyl (C=O) groups is 1. The smallest absolute Gasteiger partial charge is 0.286 e. The number of aliphatic imine (C=N–C) groups is 1. The molecular formula is C14H16N2OS2. The van der Waals surface area contributed by atoms with E-state index in [4.69, 9.17) is 0 Å². The molecule has 0 bridgehead atoms. The molecule has 2 aliphatic heterocycles. The van der Waals surface area contributed by atoms with Gasteiger partial charge in [-0.05, 0) is 55.5 Å². The fraction of sp³-hybridized carbons (Fsp3) is 0.429. The first-order valence-electron chi connectivity index (χ1n) is 6.57. The average Bonchev–Trinajstić information content (AvgIpc) is 3.02. The molecule has 1 unspecified atom stereocenters. The molecule has 5 heteroatoms. The van der Waals surface area contributed by atoms with E-state index in [1.165, 1.54) is 31.0 Å². The van der Waals surface area contributed by atoms with Gasteiger partial charge in [0.25, 0.3) is 5.91 Å². The van der Waals surface area contributed by atoms with E-state index >= 15 is 0 Å². The number of hydrogen-bond acceptors (Lipinski definition) is 4. The van der Waals surface area contributed by atoms with Crippen LogP contribution in [0.25, 0.3) is 6.08 Å². The number of nitrogens with zero attached hydrogens (tertiary/aromatic N) is 2. The number of rotatable bonds is 1. The second kappa shape index (κ2) is 5.51. The lowest BCUT2D eigenvalue weighted by Crippen LogP contribution is -2.40. The highest BCUT2D eigenvalue weighted by Gasteiger charge is 2.29. The minimum Gasteiger partial charge on any atom is -0.348 e. The predicted octanol–water partition coefficient (Wildman–Crippen LogP) is 3.59. The monoisotopic (exact) mass is 292 g/mol. The first-order chi connectivity index (χ1) is 9.24. The summed E-state index contributed by atoms with van der Waals surface area (Å²) < 4.78 is 0. The van der Waals surface area contributed by atoms with Crippen LogP contribution in [-0.4, -0.2) is 28.6 Å². The molecule has 19 heavy (non-hydrogen) atoms. The topological polar surface area (TPSA) is 32.7 Å². The van der Waals surface area contributed by atoms with Crippen molar-refractivity contribution in [3.05, 3.63) is 27.3 Å². The van der Waals surface area contributed by atoms with E-state index < -0.39 is 0 Å². The maximum absolute atomic E-state index is 12.0. The third kappa shape index (κ3) is 2.77. The fourth-order valence-corrected chi connectivity index (χ4v) is 4.17. The molecule has 1 atom stereocenters. The zero-order valence-electron chi connectivity index (χ0n) is 10.8. The Morgan fingerprint density at radius 3 is 3.11 bits per heavy atom. The quantitative estimate of drug-likeness (QED) is 0.742. The van der Waals surface area contributed by atoms with Gasteiger partial charge in [-0.25, -0.2) is 0 Å². The third-order valence-electron chi connectivity index (χ3n) is 3.47. The van der Waals surface area contributed by atoms with Crippen LogP contribution in [0, 0.1) is 0 Å². The fourth-order valence-electron chi connectivity index (χ4n) is 2.41. The number of piperidine rings is 1. The van der Waals surface area contributed by atoms with Gasteiger partial charge in [0.15, 0.2) is 5.17 Å². The van der Waals surface area contributed by atoms with Crippen molar-refractivity contribution in [2.24, 2.45) is 4.99 Å². The number of thioether (sulfide) groups is 1. The van der Waals surface area contributed by atoms with Gasteiger partial charge >= 0.3 is 0 Å². The molecule has 0 N–H and O–H groups in total. The molecule has 0 aromatic carbocycles. The van der Waals surface area contributed by atoms with Crippen molar-refractivity contribution < 1.29 is 4.79 Å². The normalized spacial score (nSPS) is 26.1. The predicted molar refractivity (Wildman–Crippen MR) is 82.3 cm³/mol. The largest absolute Gasteiger partial charge is 0.348 e. The van der Waals surface area contributed by atoms with Crippen molar-refractivity contribution >= 4 is 40.2 Å². The van der Waals surface area contributed by atoms with Gasteiger partial charge in [-0.1, -0.05) is 6.07 Å². The zero-order valence-corrected chi connectivity index (χ0v) is 12.5. The minimum atomic E-state index is -0.0915. The van der Waals surface area contributed by atoms with Crippen LogP contribution in [0.5, 0.6) is 0 Å². The molecule has 0 aliphatic carbocycles. The SMILES string of the molecule is CC1CCCCN1C1=NC(=O)/C(=C\c2cccs2)S1. The molecule has 1 aromatic rings. The summed E-state index contributed by atoms with van der Waals surface area (Å²) in [7, 11) is 0. The molecule has 3 nitrogen and oxygen atoms in total. The van der Waals surface area contributed by atoms with E-state index in [2.05, 4.69) is 16.8 Å². The molecule has 1 aromatic heterocycles. The summed E-state index contributed by atoms with van der Waals surface area (Å²) in [6, 6.07) is 4.51. The molecule has 2 aliphatic rings. The maximum Gasteiger partial charge on any atom is 0.286 e. The van der Waals surface area contributed by atoms with Crippen LogP contribution in [0.15, 0.2) is 27.4 Å². The molecule has 1 fully saturated rings. The van der Waals surface area contributed by atoms with Gasteiger partial charge in [-0.2, -0.15) is 4.99 Å². The van der Waals surface area contributed by atoms with E-state index in [-0.39, 0.29) is 5.91 Å². The average molecular weight is 292 g/mol. The van der Waals surface area contributed by atoms with Crippen LogP contribution in [0.3, 0.4) is 0 Å². The van der Waals surface area contributed by atoms with Gasteiger partial charge in [0.1, 0.15) is 0 Å². The summed E-state index contributed by atoms with van der Waals surface area (Å²) in [6.45, 7) is 3.24. The second-order valence-corrected chi connectivity index (χ2v) is 6.85. The van der Waals surface area contributed by atoms with Gasteiger partial charge in [-0.3, -0.25) is 4.79 Å². The van der Waals surface area contributed by atoms with Gasteiger partial charge in [0.05, 0.1) is 4.91 Å². The number of amidine groups is 1. The molecule has 0 saturated carbocycles. The lowest BCUT2D eigenvalue weighted by Gasteiger charge is -2.34. The molecule has 3 rings (SSSR count). The highest BCUT2D eigenvalue weighted by atomic mass is 32.2. The van der Waals surface area contributed by atoms with Crippen LogP contribution in [-0.2, 0) is 4.79 Å². The van der Waals surface area contributed by atoms with Crippen LogP contribution >= 0.6 is 23.1 Å². The Morgan fingerprint density at radius 2 is 2.37 bits per heavy atom. The summed E-state index contributed by atoms with van der Waals surface area (Å²) in [6.07, 6.45) is 5.62. The number of amides is 1. The van der Waals surface area contributed by atoms with Crippen molar-refractivity contribution in [2.75, 3.05) is 6.54 Å². The number of carbonyl (C=O) groups excluding carboxylic acids is 1. The lowest BCUT2D eigenvalue weighted by molar-refractivity contribution is -0.113. The van der Waals surface area contributed by atoms with Crippen molar-refractivity contribution in [1.29, 1.82) is 0 Å². The second-order valence-electron chi connectivity index (χ2n) is 4.86. The summed E-state index contributed by atoms with van der Waals surface area (Å²) in [5.74, 6) is -0.0915. The van der Waals surface area contributed by atoms with E-state index in [0.29, 0.717) is 6.04 Å². The highest BCUT2D eigenvalue weighted by molar-refractivity contribution is 8.18. The number of thiophene rings is 1. The lowest BCUT2D eigenvalue weighted by atomic mass is 10.1. The first-order valence-corrected chi connectivity index (χ1v) is 8.26. The van der Waals surface area contributed by atoms with Crippen LogP contribution in [0.2, 0.25) is 0 Å². The van der Waals surface area contributed by atoms with Crippen LogP contribution < -0.4 is 0 Å². The van der Waals surface area contributed by atoms with Gasteiger partial charge in [0.2, 0.25) is 0 Å². The Kier molecular flexibility index (Phi) is 3.75. The summed E-state index contributed by atoms with van der Waals surface area (Å²) in [5.41, 5.74) is 0. The molecular weight excluding hydrogens is 276 g/mol. The Bertz CT molecular complexity index is 534. The maximum atomic E-state index is 12.0. The molecule has 0 radical (unpaired) electrons. The molecule has 100 valence electrons. The van der Waals surface area contributed by atoms with Crippen molar-refractivity contribution in [2.45, 2.75) is 32.2 Å². The van der Waals surface area contributed by atoms with E-state index in [9.17, 15) is 4.79 Å². The minimum absolute atomic E-state index is 0.0915. The summed E-state index contributed by atoms with van der Waals surface area (Å²) in [5, 5.41) is 2.91. The number of likely N-dealkylation sites (tertiary alicyclic amines) is 1. The zero-order chi connectivity index (χ0) is 13.2. The Labute approximate surface area is 121 Å². The third-order valence-corrected chi connectivity index (χ3v) is 5.31. The Morgan fingerprint density at radius 1 is 1.47 bits per heavy atom. The van der Waals surface area contributed by atoms with Gasteiger partial charge in [0, 0.05) is 17.5 Å². The van der Waals surface area contributed by atoms with Crippen molar-refractivity contribution in [1.82, 2.24) is 4.90 Å². The van der Waals surface area contributed by atoms with Gasteiger partial charge < -0.3 is 4.90 Å².